The number of aryl methyl sites for hydroxylation is 3. The van der Waals surface area contributed by atoms with Crippen LogP contribution in [0, 0.1) is 55.9 Å². The molecule has 616 valence electrons. The molecule has 0 saturated heterocycles. The van der Waals surface area contributed by atoms with Crippen molar-refractivity contribution in [3.63, 3.8) is 0 Å². The summed E-state index contributed by atoms with van der Waals surface area (Å²) in [5.74, 6) is 1.17. The SMILES string of the molecule is CC(=[OH+])C=C(C)O.CC(=[OH+])C=C(C)O.CC(=[OH+])C=C(C)O.CC(C)(C)C(=[OH+])C=C(O)C(C)(C)C.CC1(C)c2ccccc2-c2c[c-]c(-c3ccc4ccccc4n3)cc21.Cc1[c-]c(-c2ccc3ccccc3n2)cc(C)c1.Cc1c[c-]c(-c2nccc3ccccc23)cc1.[Ir].[Ir].[Ir].[Ir].[c-]1ccccc1-c1nccc2c1ccc1ccccc12. The standard InChI is InChI=1S/C24H18N.C19H12N.C17H14N.C16H12N.C11H20O2.3C5H8O2.4Ir/c1-24(2)20-9-5-4-8-18(20)19-13-11-17(15-21(19)24)23-14-12-16-7-3-6-10-22(16)25-23;1-2-7-15(8-3-1)19-18-11-10-14-6-4-5-9-16(14)17(18)12-13-20-19;1-12-9-13(2)11-15(10-12)17-8-7-14-5-3-4-6-16(14)18-17;1-12-6-8-14(9-7-12)16-15-5-3-2-4-13(15)10-11-17-16;1-10(2,3)8(12)7-9(13)11(4,5)6;3*1-4(6)3-5(2)7;;;;/h3-10,12-15H,1-2H3;1-7,9-13H;3-10H,1-2H3;2-8,10-11H,1H3;7,12H,1-6H3;3*3,6H,1-2H3;;;;/q4*-1;;;;;;;;/p+4. The number of hydrogen-bond donors (Lipinski definition) is 4. The first-order chi connectivity index (χ1) is 54.1. The second-order valence-corrected chi connectivity index (χ2v) is 30.6. The van der Waals surface area contributed by atoms with E-state index in [1.54, 1.807) is 0 Å². The molecule has 0 amide bonds. The van der Waals surface area contributed by atoms with Crippen LogP contribution in [0.3, 0.4) is 0 Å². The quantitative estimate of drug-likeness (QED) is 0.0376. The van der Waals surface area contributed by atoms with Crippen LogP contribution in [0.1, 0.15) is 125 Å². The molecule has 4 heterocycles. The van der Waals surface area contributed by atoms with Crippen molar-refractivity contribution in [1.82, 2.24) is 19.9 Å². The van der Waals surface area contributed by atoms with Crippen molar-refractivity contribution in [2.75, 3.05) is 0 Å². The topological polar surface area (TPSA) is 218 Å². The fraction of sp³-hybridized carbons (Fsp3) is 0.196. The maximum absolute atomic E-state index is 9.60. The molecule has 14 aromatic rings. The van der Waals surface area contributed by atoms with Crippen molar-refractivity contribution in [1.29, 1.82) is 0 Å². The summed E-state index contributed by atoms with van der Waals surface area (Å²) >= 11 is 0. The summed E-state index contributed by atoms with van der Waals surface area (Å²) in [6.07, 6.45) is 9.01. The van der Waals surface area contributed by atoms with Gasteiger partial charge in [0.1, 0.15) is 5.76 Å². The second-order valence-electron chi connectivity index (χ2n) is 30.6. The number of aliphatic hydroxyl groups is 4. The minimum Gasteiger partial charge on any atom is -0.512 e. The molecule has 0 unspecified atom stereocenters. The van der Waals surface area contributed by atoms with Gasteiger partial charge >= 0.3 is 23.1 Å². The predicted octanol–water partition coefficient (Wildman–Crippen LogP) is 25.3. The zero-order valence-corrected chi connectivity index (χ0v) is 79.3. The number of carbonyl (C=O) groups excluding carboxylic acids is 4. The Balaban J connectivity index is 0.000000293. The third-order valence-electron chi connectivity index (χ3n) is 18.0. The minimum absolute atomic E-state index is 0. The first-order valence-corrected chi connectivity index (χ1v) is 37.7. The summed E-state index contributed by atoms with van der Waals surface area (Å²) in [7, 11) is 0. The van der Waals surface area contributed by atoms with Gasteiger partial charge in [0, 0.05) is 98.2 Å². The van der Waals surface area contributed by atoms with Crippen molar-refractivity contribution in [2.24, 2.45) is 10.8 Å². The molecule has 0 saturated carbocycles. The molecule has 1 aliphatic rings. The van der Waals surface area contributed by atoms with Crippen LogP contribution in [-0.2, 0) is 85.8 Å². The number of benzene rings is 10. The molecule has 10 aromatic carbocycles. The van der Waals surface area contributed by atoms with E-state index in [0.29, 0.717) is 0 Å². The van der Waals surface area contributed by atoms with Gasteiger partial charge in [-0.3, -0.25) is 29.1 Å². The van der Waals surface area contributed by atoms with Crippen LogP contribution in [-0.4, -0.2) is 82.7 Å². The summed E-state index contributed by atoms with van der Waals surface area (Å²) in [5.41, 5.74) is 18.6. The van der Waals surface area contributed by atoms with Gasteiger partial charge < -0.3 is 30.4 Å². The number of hydrogen-bond acceptors (Lipinski definition) is 8. The Labute approximate surface area is 749 Å². The molecular formula is C102H104Ir4N4O8. The van der Waals surface area contributed by atoms with E-state index in [9.17, 15) is 9.90 Å². The van der Waals surface area contributed by atoms with Crippen LogP contribution in [0.5, 0.6) is 0 Å². The molecule has 16 heteroatoms. The van der Waals surface area contributed by atoms with Crippen LogP contribution in [0.2, 0.25) is 0 Å². The predicted molar refractivity (Wildman–Crippen MR) is 477 cm³/mol. The molecule has 15 rings (SSSR count). The monoisotopic (exact) mass is 2280 g/mol. The normalized spacial score (nSPS) is 11.7. The molecule has 0 aliphatic heterocycles. The second kappa shape index (κ2) is 46.6. The van der Waals surface area contributed by atoms with Crippen molar-refractivity contribution in [2.45, 2.75) is 123 Å². The van der Waals surface area contributed by atoms with E-state index in [2.05, 4.69) is 233 Å². The molecule has 8 N–H and O–H groups in total. The average molecular weight is 2280 g/mol. The van der Waals surface area contributed by atoms with Gasteiger partial charge in [-0.25, -0.2) is 0 Å². The summed E-state index contributed by atoms with van der Waals surface area (Å²) in [6, 6.07) is 94.9. The smallest absolute Gasteiger partial charge is 0.325 e. The Morgan fingerprint density at radius 2 is 0.847 bits per heavy atom. The van der Waals surface area contributed by atoms with Crippen LogP contribution >= 0.6 is 0 Å². The van der Waals surface area contributed by atoms with E-state index in [1.165, 1.54) is 142 Å². The molecule has 4 radical (unpaired) electrons. The number of fused-ring (bicyclic) bond motifs is 9. The largest absolute Gasteiger partial charge is 0.512 e. The summed E-state index contributed by atoms with van der Waals surface area (Å²) < 4.78 is 0. The molecule has 0 spiro atoms. The van der Waals surface area contributed by atoms with E-state index < -0.39 is 0 Å². The molecule has 1 aliphatic carbocycles. The minimum atomic E-state index is -0.306. The molecule has 0 bridgehead atoms. The molecular weight excluding hydrogens is 2180 g/mol. The van der Waals surface area contributed by atoms with Crippen LogP contribution in [0.15, 0.2) is 296 Å². The fourth-order valence-electron chi connectivity index (χ4n) is 12.4. The average Bonchev–Trinajstić information content (AvgIpc) is 1.58. The molecule has 12 nitrogen and oxygen atoms in total. The van der Waals surface area contributed by atoms with Gasteiger partial charge in [-0.15, -0.1) is 136 Å². The van der Waals surface area contributed by atoms with Crippen LogP contribution in [0.25, 0.3) is 110 Å². The van der Waals surface area contributed by atoms with Gasteiger partial charge in [-0.1, -0.05) is 212 Å². The number of rotatable bonds is 8. The van der Waals surface area contributed by atoms with Crippen LogP contribution < -0.4 is 0 Å². The van der Waals surface area contributed by atoms with Gasteiger partial charge in [-0.05, 0) is 143 Å². The van der Waals surface area contributed by atoms with Gasteiger partial charge in [0.25, 0.3) is 0 Å². The first-order valence-electron chi connectivity index (χ1n) is 37.7. The number of allylic oxidation sites excluding steroid dienone is 8. The molecule has 0 fully saturated rings. The van der Waals surface area contributed by atoms with Crippen molar-refractivity contribution >= 4 is 77.3 Å². The third-order valence-corrected chi connectivity index (χ3v) is 18.0. The van der Waals surface area contributed by atoms with E-state index in [4.69, 9.17) is 39.7 Å². The first kappa shape index (κ1) is 99.9. The number of aromatic nitrogens is 4. The maximum Gasteiger partial charge on any atom is 0.325 e. The van der Waals surface area contributed by atoms with E-state index in [0.717, 1.165) is 61.6 Å². The van der Waals surface area contributed by atoms with Crippen LogP contribution in [0.4, 0.5) is 0 Å². The van der Waals surface area contributed by atoms with Gasteiger partial charge in [-0.2, -0.15) is 0 Å². The molecule has 4 aromatic heterocycles. The van der Waals surface area contributed by atoms with E-state index >= 15 is 0 Å². The van der Waals surface area contributed by atoms with E-state index in [-0.39, 0.29) is 143 Å². The maximum atomic E-state index is 9.60. The number of ketones is 4. The van der Waals surface area contributed by atoms with Gasteiger partial charge in [0.05, 0.1) is 78.8 Å². The van der Waals surface area contributed by atoms with Gasteiger partial charge in [0.2, 0.25) is 0 Å². The Bertz CT molecular complexity index is 5780. The number of pyridine rings is 4. The summed E-state index contributed by atoms with van der Waals surface area (Å²) in [6.45, 7) is 31.2. The zero-order chi connectivity index (χ0) is 83.0. The fourth-order valence-corrected chi connectivity index (χ4v) is 12.4. The summed E-state index contributed by atoms with van der Waals surface area (Å²) in [5, 5.41) is 44.5. The zero-order valence-electron chi connectivity index (χ0n) is 69.7. The van der Waals surface area contributed by atoms with Crippen molar-refractivity contribution < 1.29 is 120 Å². The van der Waals surface area contributed by atoms with Crippen molar-refractivity contribution in [3.05, 3.63) is 348 Å². The number of para-hydroxylation sites is 2. The Morgan fingerprint density at radius 3 is 1.35 bits per heavy atom. The Kier molecular flexibility index (Phi) is 39.5. The molecule has 0 atom stereocenters. The Hall–Kier alpha value is -10.5. The summed E-state index contributed by atoms with van der Waals surface area (Å²) in [4.78, 5) is 53.4. The number of nitrogens with zero attached hydrogens (tertiary/aromatic N) is 4. The van der Waals surface area contributed by atoms with Crippen molar-refractivity contribution in [3.8, 4) is 56.2 Å². The molecule has 118 heavy (non-hydrogen) atoms. The Morgan fingerprint density at radius 1 is 0.381 bits per heavy atom. The third kappa shape index (κ3) is 29.3. The van der Waals surface area contributed by atoms with Gasteiger partial charge in [0.15, 0.2) is 0 Å². The van der Waals surface area contributed by atoms with E-state index in [1.807, 2.05) is 127 Å². The number of aliphatic hydroxyl groups excluding tert-OH is 4.